The average Bonchev–Trinajstić information content (AvgIpc) is 2.37. The van der Waals surface area contributed by atoms with Crippen molar-refractivity contribution in [3.8, 4) is 0 Å². The maximum Gasteiger partial charge on any atom is 0.274 e. The minimum absolute atomic E-state index is 0.0249. The van der Waals surface area contributed by atoms with Crippen molar-refractivity contribution in [2.75, 3.05) is 11.1 Å². The molecule has 1 amide bonds. The number of nitrogens with two attached hydrogens (primary N) is 1. The number of non-ortho nitro benzene ring substituents is 1. The lowest BCUT2D eigenvalue weighted by molar-refractivity contribution is -0.385. The van der Waals surface area contributed by atoms with Crippen molar-refractivity contribution in [2.45, 2.75) is 0 Å². The van der Waals surface area contributed by atoms with Crippen molar-refractivity contribution in [1.29, 1.82) is 0 Å². The summed E-state index contributed by atoms with van der Waals surface area (Å²) in [6.45, 7) is 0. The van der Waals surface area contributed by atoms with E-state index in [0.717, 1.165) is 18.2 Å². The van der Waals surface area contributed by atoms with Crippen molar-refractivity contribution >= 4 is 23.1 Å². The Morgan fingerprint density at radius 2 is 2.10 bits per heavy atom. The van der Waals surface area contributed by atoms with E-state index in [-0.39, 0.29) is 17.2 Å². The zero-order valence-electron chi connectivity index (χ0n) is 10.0. The summed E-state index contributed by atoms with van der Waals surface area (Å²) in [5, 5.41) is 12.9. The van der Waals surface area contributed by atoms with Gasteiger partial charge >= 0.3 is 0 Å². The van der Waals surface area contributed by atoms with Crippen molar-refractivity contribution in [2.24, 2.45) is 0 Å². The number of nitrogens with one attached hydrogen (secondary N) is 1. The van der Waals surface area contributed by atoms with Crippen LogP contribution in [0.2, 0.25) is 0 Å². The first kappa shape index (κ1) is 13.4. The molecule has 2 rings (SSSR count). The molecule has 0 fully saturated rings. The highest BCUT2D eigenvalue weighted by Crippen LogP contribution is 2.20. The second kappa shape index (κ2) is 5.31. The van der Waals surface area contributed by atoms with Crippen molar-refractivity contribution in [1.82, 2.24) is 4.98 Å². The minimum atomic E-state index is -0.824. The quantitative estimate of drug-likeness (QED) is 0.657. The molecule has 0 radical (unpaired) electrons. The van der Waals surface area contributed by atoms with E-state index in [1.165, 1.54) is 18.2 Å². The number of nitrogen functional groups attached to an aromatic ring is 1. The van der Waals surface area contributed by atoms with Gasteiger partial charge in [-0.3, -0.25) is 14.9 Å². The molecule has 0 unspecified atom stereocenters. The van der Waals surface area contributed by atoms with E-state index in [1.807, 2.05) is 0 Å². The fraction of sp³-hybridized carbons (Fsp3) is 0. The molecule has 8 heteroatoms. The highest BCUT2D eigenvalue weighted by Gasteiger charge is 2.13. The number of carbonyl (C=O) groups is 1. The van der Waals surface area contributed by atoms with Gasteiger partial charge in [-0.25, -0.2) is 9.37 Å². The van der Waals surface area contributed by atoms with Gasteiger partial charge in [0, 0.05) is 6.07 Å². The Balaban J connectivity index is 2.26. The monoisotopic (exact) mass is 276 g/mol. The van der Waals surface area contributed by atoms with E-state index in [0.29, 0.717) is 0 Å². The number of pyridine rings is 1. The fourth-order valence-corrected chi connectivity index (χ4v) is 1.52. The van der Waals surface area contributed by atoms with Crippen LogP contribution in [0.1, 0.15) is 10.5 Å². The number of rotatable bonds is 3. The third-order valence-electron chi connectivity index (χ3n) is 2.35. The molecule has 0 aliphatic rings. The Morgan fingerprint density at radius 1 is 1.35 bits per heavy atom. The van der Waals surface area contributed by atoms with E-state index in [2.05, 4.69) is 10.3 Å². The fourth-order valence-electron chi connectivity index (χ4n) is 1.52. The molecule has 0 aliphatic heterocycles. The molecule has 0 saturated carbocycles. The normalized spacial score (nSPS) is 10.1. The van der Waals surface area contributed by atoms with Gasteiger partial charge in [-0.05, 0) is 18.2 Å². The second-order valence-corrected chi connectivity index (χ2v) is 3.86. The Labute approximate surface area is 112 Å². The van der Waals surface area contributed by atoms with Gasteiger partial charge in [-0.1, -0.05) is 6.07 Å². The van der Waals surface area contributed by atoms with E-state index in [1.54, 1.807) is 0 Å². The number of aromatic nitrogens is 1. The second-order valence-electron chi connectivity index (χ2n) is 3.86. The number of amides is 1. The molecule has 0 aliphatic carbocycles. The van der Waals surface area contributed by atoms with E-state index >= 15 is 0 Å². The van der Waals surface area contributed by atoms with Crippen LogP contribution in [-0.4, -0.2) is 15.8 Å². The number of halogens is 1. The van der Waals surface area contributed by atoms with Gasteiger partial charge in [0.25, 0.3) is 11.6 Å². The molecule has 0 bridgehead atoms. The molecule has 1 aromatic carbocycles. The summed E-state index contributed by atoms with van der Waals surface area (Å²) < 4.78 is 13.2. The highest BCUT2D eigenvalue weighted by molar-refractivity contribution is 6.03. The first-order valence-electron chi connectivity index (χ1n) is 5.44. The Morgan fingerprint density at radius 3 is 2.75 bits per heavy atom. The first-order valence-corrected chi connectivity index (χ1v) is 5.44. The summed E-state index contributed by atoms with van der Waals surface area (Å²) in [5.41, 5.74) is 4.97. The zero-order valence-corrected chi connectivity index (χ0v) is 10.0. The number of nitrogens with zero attached hydrogens (tertiary/aromatic N) is 2. The molecule has 0 atom stereocenters. The van der Waals surface area contributed by atoms with Crippen LogP contribution in [-0.2, 0) is 0 Å². The van der Waals surface area contributed by atoms with Gasteiger partial charge in [-0.15, -0.1) is 0 Å². The van der Waals surface area contributed by atoms with E-state index < -0.39 is 22.3 Å². The highest BCUT2D eigenvalue weighted by atomic mass is 19.1. The van der Waals surface area contributed by atoms with Crippen molar-refractivity contribution < 1.29 is 14.1 Å². The SMILES string of the molecule is Nc1cccc(C(=O)Nc2cc(F)cc([N+](=O)[O-])c2)n1. The van der Waals surface area contributed by atoms with Gasteiger partial charge in [0.15, 0.2) is 0 Å². The lowest BCUT2D eigenvalue weighted by Gasteiger charge is -2.05. The Bertz CT molecular complexity index is 690. The number of nitro benzene ring substituents is 1. The zero-order chi connectivity index (χ0) is 14.7. The Hall–Kier alpha value is -3.03. The molecule has 0 saturated heterocycles. The molecule has 20 heavy (non-hydrogen) atoms. The summed E-state index contributed by atoms with van der Waals surface area (Å²) in [6.07, 6.45) is 0. The van der Waals surface area contributed by atoms with Crippen LogP contribution in [0.25, 0.3) is 0 Å². The number of nitro groups is 1. The molecule has 1 aromatic heterocycles. The summed E-state index contributed by atoms with van der Waals surface area (Å²) in [4.78, 5) is 25.5. The molecular formula is C12H9FN4O3. The lowest BCUT2D eigenvalue weighted by atomic mass is 10.2. The summed E-state index contributed by atoms with van der Waals surface area (Å²) in [5.74, 6) is -1.31. The molecule has 3 N–H and O–H groups in total. The van der Waals surface area contributed by atoms with Crippen LogP contribution in [0, 0.1) is 15.9 Å². The number of benzene rings is 1. The standard InChI is InChI=1S/C12H9FN4O3/c13-7-4-8(6-9(5-7)17(19)20)15-12(18)10-2-1-3-11(14)16-10/h1-6H,(H2,14,16)(H,15,18). The predicted molar refractivity (Wildman–Crippen MR) is 69.7 cm³/mol. The number of hydrogen-bond acceptors (Lipinski definition) is 5. The maximum absolute atomic E-state index is 13.2. The van der Waals surface area contributed by atoms with E-state index in [9.17, 15) is 19.3 Å². The maximum atomic E-state index is 13.2. The third kappa shape index (κ3) is 3.05. The van der Waals surface area contributed by atoms with Crippen molar-refractivity contribution in [3.63, 3.8) is 0 Å². The van der Waals surface area contributed by atoms with Crippen LogP contribution >= 0.6 is 0 Å². The largest absolute Gasteiger partial charge is 0.384 e. The topological polar surface area (TPSA) is 111 Å². The van der Waals surface area contributed by atoms with Crippen LogP contribution in [0.15, 0.2) is 36.4 Å². The first-order chi connectivity index (χ1) is 9.45. The molecule has 0 spiro atoms. The Kier molecular flexibility index (Phi) is 3.56. The number of anilines is 2. The molecule has 7 nitrogen and oxygen atoms in total. The lowest BCUT2D eigenvalue weighted by Crippen LogP contribution is -2.14. The summed E-state index contributed by atoms with van der Waals surface area (Å²) >= 11 is 0. The minimum Gasteiger partial charge on any atom is -0.384 e. The summed E-state index contributed by atoms with van der Waals surface area (Å²) in [7, 11) is 0. The summed E-state index contributed by atoms with van der Waals surface area (Å²) in [6, 6.07) is 7.23. The average molecular weight is 276 g/mol. The van der Waals surface area contributed by atoms with Crippen LogP contribution in [0.3, 0.4) is 0 Å². The van der Waals surface area contributed by atoms with Gasteiger partial charge < -0.3 is 11.1 Å². The van der Waals surface area contributed by atoms with Crippen LogP contribution in [0.5, 0.6) is 0 Å². The van der Waals surface area contributed by atoms with Gasteiger partial charge in [0.05, 0.1) is 16.7 Å². The van der Waals surface area contributed by atoms with Crippen molar-refractivity contribution in [3.05, 3.63) is 58.0 Å². The molecule has 102 valence electrons. The number of carbonyl (C=O) groups excluding carboxylic acids is 1. The van der Waals surface area contributed by atoms with Gasteiger partial charge in [0.1, 0.15) is 17.3 Å². The van der Waals surface area contributed by atoms with Crippen LogP contribution in [0.4, 0.5) is 21.6 Å². The van der Waals surface area contributed by atoms with E-state index in [4.69, 9.17) is 5.73 Å². The molecule has 2 aromatic rings. The van der Waals surface area contributed by atoms with Gasteiger partial charge in [-0.2, -0.15) is 0 Å². The predicted octanol–water partition coefficient (Wildman–Crippen LogP) is 1.96. The third-order valence-corrected chi connectivity index (χ3v) is 2.35. The van der Waals surface area contributed by atoms with Crippen LogP contribution < -0.4 is 11.1 Å². The smallest absolute Gasteiger partial charge is 0.274 e. The number of hydrogen-bond donors (Lipinski definition) is 2. The van der Waals surface area contributed by atoms with Gasteiger partial charge in [0.2, 0.25) is 0 Å². The molecule has 1 heterocycles. The molecular weight excluding hydrogens is 267 g/mol.